The summed E-state index contributed by atoms with van der Waals surface area (Å²) in [6, 6.07) is 8.87. The van der Waals surface area contributed by atoms with E-state index in [-0.39, 0.29) is 0 Å². The third-order valence-electron chi connectivity index (χ3n) is 5.86. The van der Waals surface area contributed by atoms with Gasteiger partial charge in [0.2, 0.25) is 0 Å². The van der Waals surface area contributed by atoms with E-state index in [1.807, 2.05) is 11.8 Å². The zero-order valence-corrected chi connectivity index (χ0v) is 18.7. The third-order valence-corrected chi connectivity index (χ3v) is 6.96. The molecule has 0 unspecified atom stereocenters. The largest absolute Gasteiger partial charge is 0.361 e. The van der Waals surface area contributed by atoms with Gasteiger partial charge in [0, 0.05) is 11.4 Å². The summed E-state index contributed by atoms with van der Waals surface area (Å²) >= 11 is 1.99. The van der Waals surface area contributed by atoms with Gasteiger partial charge in [0.15, 0.2) is 0 Å². The lowest BCUT2D eigenvalue weighted by molar-refractivity contribution is 0.529. The number of benzene rings is 1. The first-order valence-corrected chi connectivity index (χ1v) is 12.9. The molecule has 0 N–H and O–H groups in total. The molecule has 0 saturated carbocycles. The second-order valence-electron chi connectivity index (χ2n) is 8.31. The summed E-state index contributed by atoms with van der Waals surface area (Å²) in [6.07, 6.45) is 23.1. The first kappa shape index (κ1) is 22.7. The van der Waals surface area contributed by atoms with Crippen molar-refractivity contribution in [1.29, 1.82) is 0 Å². The smallest absolute Gasteiger partial charge is 0.0686 e. The molecule has 27 heavy (non-hydrogen) atoms. The normalized spacial score (nSPS) is 13.3. The van der Waals surface area contributed by atoms with Crippen LogP contribution in [0.25, 0.3) is 0 Å². The predicted molar refractivity (Wildman–Crippen MR) is 124 cm³/mol. The molecule has 0 radical (unpaired) electrons. The van der Waals surface area contributed by atoms with Crippen molar-refractivity contribution in [2.75, 3.05) is 17.3 Å². The van der Waals surface area contributed by atoms with Gasteiger partial charge in [-0.3, -0.25) is 0 Å². The minimum absolute atomic E-state index is 1.15. The number of thioether (sulfide) groups is 1. The molecule has 1 aromatic carbocycles. The van der Waals surface area contributed by atoms with Crippen LogP contribution >= 0.6 is 11.8 Å². The minimum Gasteiger partial charge on any atom is -0.361 e. The van der Waals surface area contributed by atoms with E-state index in [4.69, 9.17) is 0 Å². The molecule has 0 aromatic heterocycles. The second-order valence-corrected chi connectivity index (χ2v) is 9.29. The average Bonchev–Trinajstić information content (AvgIpc) is 3.11. The highest BCUT2D eigenvalue weighted by Gasteiger charge is 2.17. The van der Waals surface area contributed by atoms with Gasteiger partial charge in [-0.1, -0.05) is 115 Å². The van der Waals surface area contributed by atoms with Crippen LogP contribution < -0.4 is 4.90 Å². The highest BCUT2D eigenvalue weighted by molar-refractivity contribution is 7.99. The van der Waals surface area contributed by atoms with Gasteiger partial charge in [-0.15, -0.1) is 11.8 Å². The van der Waals surface area contributed by atoms with Gasteiger partial charge in [0.05, 0.1) is 11.6 Å². The van der Waals surface area contributed by atoms with E-state index in [9.17, 15) is 0 Å². The van der Waals surface area contributed by atoms with Crippen LogP contribution in [-0.4, -0.2) is 12.4 Å². The maximum absolute atomic E-state index is 2.56. The Bertz CT molecular complexity index is 473. The number of rotatable bonds is 17. The van der Waals surface area contributed by atoms with Gasteiger partial charge in [-0.05, 0) is 18.6 Å². The molecule has 0 spiro atoms. The topological polar surface area (TPSA) is 3.24 Å². The predicted octanol–water partition coefficient (Wildman–Crippen LogP) is 8.82. The molecule has 0 saturated heterocycles. The van der Waals surface area contributed by atoms with Crippen LogP contribution in [0, 0.1) is 0 Å². The Morgan fingerprint density at radius 3 is 1.70 bits per heavy atom. The van der Waals surface area contributed by atoms with Crippen molar-refractivity contribution in [3.63, 3.8) is 0 Å². The van der Waals surface area contributed by atoms with Gasteiger partial charge >= 0.3 is 0 Å². The average molecular weight is 390 g/mol. The SMILES string of the molecule is CCCCCCCCCCCCCCCCCCN1CSc2ccccc21. The fraction of sp³-hybridized carbons (Fsp3) is 0.760. The second kappa shape index (κ2) is 15.3. The zero-order chi connectivity index (χ0) is 19.0. The molecule has 0 bridgehead atoms. The maximum atomic E-state index is 2.56. The van der Waals surface area contributed by atoms with E-state index in [0.29, 0.717) is 0 Å². The number of nitrogens with zero attached hydrogens (tertiary/aromatic N) is 1. The molecule has 0 atom stereocenters. The first-order valence-electron chi connectivity index (χ1n) is 11.9. The number of fused-ring (bicyclic) bond motifs is 1. The quantitative estimate of drug-likeness (QED) is 0.245. The lowest BCUT2D eigenvalue weighted by atomic mass is 10.0. The number of anilines is 1. The van der Waals surface area contributed by atoms with Crippen LogP contribution in [0.2, 0.25) is 0 Å². The molecular formula is C25H43NS. The van der Waals surface area contributed by atoms with E-state index in [1.165, 1.54) is 120 Å². The van der Waals surface area contributed by atoms with E-state index < -0.39 is 0 Å². The van der Waals surface area contributed by atoms with Crippen molar-refractivity contribution in [1.82, 2.24) is 0 Å². The van der Waals surface area contributed by atoms with Crippen LogP contribution in [0.15, 0.2) is 29.2 Å². The molecule has 1 aliphatic rings. The van der Waals surface area contributed by atoms with Crippen molar-refractivity contribution in [3.05, 3.63) is 24.3 Å². The van der Waals surface area contributed by atoms with Crippen molar-refractivity contribution >= 4 is 17.4 Å². The van der Waals surface area contributed by atoms with Gasteiger partial charge in [-0.25, -0.2) is 0 Å². The van der Waals surface area contributed by atoms with Gasteiger partial charge in [-0.2, -0.15) is 0 Å². The van der Waals surface area contributed by atoms with Crippen LogP contribution in [0.5, 0.6) is 0 Å². The van der Waals surface area contributed by atoms with Crippen LogP contribution in [0.3, 0.4) is 0 Å². The molecule has 0 amide bonds. The monoisotopic (exact) mass is 389 g/mol. The molecule has 0 aliphatic carbocycles. The lowest BCUT2D eigenvalue weighted by Gasteiger charge is -2.18. The van der Waals surface area contributed by atoms with Crippen molar-refractivity contribution < 1.29 is 0 Å². The Labute approximate surface area is 173 Å². The summed E-state index contributed by atoms with van der Waals surface area (Å²) < 4.78 is 0. The summed E-state index contributed by atoms with van der Waals surface area (Å²) in [5.41, 5.74) is 1.46. The number of para-hydroxylation sites is 1. The Balaban J connectivity index is 1.30. The number of unbranched alkanes of at least 4 members (excludes halogenated alkanes) is 15. The van der Waals surface area contributed by atoms with Crippen LogP contribution in [0.4, 0.5) is 5.69 Å². The van der Waals surface area contributed by atoms with Gasteiger partial charge in [0.25, 0.3) is 0 Å². The Kier molecular flexibility index (Phi) is 12.8. The van der Waals surface area contributed by atoms with Crippen LogP contribution in [0.1, 0.15) is 110 Å². The number of hydrogen-bond donors (Lipinski definition) is 0. The highest BCUT2D eigenvalue weighted by Crippen LogP contribution is 2.37. The summed E-state index contributed by atoms with van der Waals surface area (Å²) in [7, 11) is 0. The van der Waals surface area contributed by atoms with E-state index in [0.717, 1.165) is 5.88 Å². The molecule has 1 nitrogen and oxygen atoms in total. The summed E-state index contributed by atoms with van der Waals surface area (Å²) in [5, 5.41) is 0. The van der Waals surface area contributed by atoms with Crippen molar-refractivity contribution in [3.8, 4) is 0 Å². The molecule has 1 aliphatic heterocycles. The zero-order valence-electron chi connectivity index (χ0n) is 17.9. The van der Waals surface area contributed by atoms with E-state index >= 15 is 0 Å². The third kappa shape index (κ3) is 9.92. The molecule has 1 heterocycles. The molecule has 2 heteroatoms. The van der Waals surface area contributed by atoms with E-state index in [1.54, 1.807) is 0 Å². The Hall–Kier alpha value is -0.630. The van der Waals surface area contributed by atoms with Crippen molar-refractivity contribution in [2.45, 2.75) is 115 Å². The summed E-state index contributed by atoms with van der Waals surface area (Å²) in [6.45, 7) is 3.54. The first-order chi connectivity index (χ1) is 13.4. The Morgan fingerprint density at radius 2 is 1.15 bits per heavy atom. The number of hydrogen-bond acceptors (Lipinski definition) is 2. The Morgan fingerprint density at radius 1 is 0.667 bits per heavy atom. The highest BCUT2D eigenvalue weighted by atomic mass is 32.2. The van der Waals surface area contributed by atoms with Crippen molar-refractivity contribution in [2.24, 2.45) is 0 Å². The van der Waals surface area contributed by atoms with Gasteiger partial charge < -0.3 is 4.90 Å². The maximum Gasteiger partial charge on any atom is 0.0686 e. The molecule has 1 aromatic rings. The minimum atomic E-state index is 1.15. The van der Waals surface area contributed by atoms with Crippen LogP contribution in [-0.2, 0) is 0 Å². The summed E-state index contributed by atoms with van der Waals surface area (Å²) in [4.78, 5) is 4.03. The van der Waals surface area contributed by atoms with E-state index in [2.05, 4.69) is 36.1 Å². The molecule has 0 fully saturated rings. The lowest BCUT2D eigenvalue weighted by Crippen LogP contribution is -2.20. The fourth-order valence-electron chi connectivity index (χ4n) is 4.09. The molecule has 154 valence electrons. The molecular weight excluding hydrogens is 346 g/mol. The summed E-state index contributed by atoms with van der Waals surface area (Å²) in [5.74, 6) is 1.15. The standard InChI is InChI=1S/C25H43NS/c1-2-3-4-5-6-7-8-9-10-11-12-13-14-15-16-19-22-26-23-27-25-21-18-17-20-24(25)26/h17-18,20-21H,2-16,19,22-23H2,1H3. The fourth-order valence-corrected chi connectivity index (χ4v) is 5.18. The molecule has 2 rings (SSSR count). The van der Waals surface area contributed by atoms with Gasteiger partial charge in [0.1, 0.15) is 0 Å².